The van der Waals surface area contributed by atoms with Gasteiger partial charge >= 0.3 is 0 Å². The number of aliphatic hydroxyl groups is 1. The van der Waals surface area contributed by atoms with E-state index in [1.54, 1.807) is 6.07 Å². The molecule has 0 aliphatic carbocycles. The lowest BCUT2D eigenvalue weighted by Gasteiger charge is -2.13. The fourth-order valence-electron chi connectivity index (χ4n) is 1.23. The summed E-state index contributed by atoms with van der Waals surface area (Å²) >= 11 is 1.40. The lowest BCUT2D eigenvalue weighted by atomic mass is 10.3. The van der Waals surface area contributed by atoms with E-state index in [-0.39, 0.29) is 17.6 Å². The second-order valence-electron chi connectivity index (χ2n) is 3.78. The van der Waals surface area contributed by atoms with Gasteiger partial charge in [-0.1, -0.05) is 13.8 Å². The summed E-state index contributed by atoms with van der Waals surface area (Å²) in [5, 5.41) is 9.00. The fourth-order valence-corrected chi connectivity index (χ4v) is 2.11. The molecule has 0 heterocycles. The average Bonchev–Trinajstić information content (AvgIpc) is 2.30. The van der Waals surface area contributed by atoms with E-state index in [0.29, 0.717) is 12.3 Å². The molecule has 0 aliphatic heterocycles. The number of hydrogen-bond acceptors (Lipinski definition) is 4. The monoisotopic (exact) mass is 259 g/mol. The molecular weight excluding hydrogens is 241 g/mol. The van der Waals surface area contributed by atoms with Crippen LogP contribution in [0.2, 0.25) is 0 Å². The van der Waals surface area contributed by atoms with E-state index in [4.69, 9.17) is 15.6 Å². The van der Waals surface area contributed by atoms with Crippen LogP contribution >= 0.6 is 11.8 Å². The molecule has 0 amide bonds. The van der Waals surface area contributed by atoms with E-state index in [1.165, 1.54) is 17.8 Å². The molecule has 17 heavy (non-hydrogen) atoms. The van der Waals surface area contributed by atoms with Crippen LogP contribution in [0.1, 0.15) is 20.3 Å². The third kappa shape index (κ3) is 4.09. The topological polar surface area (TPSA) is 55.5 Å². The number of hydrogen-bond donors (Lipinski definition) is 2. The van der Waals surface area contributed by atoms with Crippen LogP contribution in [0.15, 0.2) is 17.0 Å². The quantitative estimate of drug-likeness (QED) is 0.609. The maximum atomic E-state index is 13.5. The van der Waals surface area contributed by atoms with E-state index in [1.807, 2.05) is 13.8 Å². The first-order chi connectivity index (χ1) is 8.08. The molecule has 1 aromatic carbocycles. The van der Waals surface area contributed by atoms with E-state index >= 15 is 0 Å². The van der Waals surface area contributed by atoms with Gasteiger partial charge in [-0.3, -0.25) is 0 Å². The Bertz CT molecular complexity index is 374. The molecule has 0 bridgehead atoms. The van der Waals surface area contributed by atoms with Crippen LogP contribution in [0.4, 0.5) is 10.1 Å². The van der Waals surface area contributed by atoms with E-state index < -0.39 is 5.82 Å². The summed E-state index contributed by atoms with van der Waals surface area (Å²) < 4.78 is 18.8. The summed E-state index contributed by atoms with van der Waals surface area (Å²) in [6, 6.07) is 2.86. The lowest BCUT2D eigenvalue weighted by Crippen LogP contribution is -2.04. The van der Waals surface area contributed by atoms with Gasteiger partial charge in [-0.2, -0.15) is 0 Å². The van der Waals surface area contributed by atoms with Gasteiger partial charge in [-0.05, 0) is 12.5 Å². The minimum atomic E-state index is -0.447. The predicted octanol–water partition coefficient (Wildman–Crippen LogP) is 2.67. The zero-order chi connectivity index (χ0) is 12.8. The number of rotatable bonds is 6. The fraction of sp³-hybridized carbons (Fsp3) is 0.500. The van der Waals surface area contributed by atoms with Gasteiger partial charge in [0.1, 0.15) is 0 Å². The standard InChI is InChI=1S/C12H18FNO2S/c1-3-4-16-11-6-12(17-8(2)7-15)10(14)5-9(11)13/h5-6,8,15H,3-4,7,14H2,1-2H3. The number of ether oxygens (including phenoxy) is 1. The molecule has 1 unspecified atom stereocenters. The van der Waals surface area contributed by atoms with Crippen LogP contribution < -0.4 is 10.5 Å². The van der Waals surface area contributed by atoms with E-state index in [0.717, 1.165) is 11.3 Å². The predicted molar refractivity (Wildman–Crippen MR) is 69.0 cm³/mol. The number of aliphatic hydroxyl groups excluding tert-OH is 1. The van der Waals surface area contributed by atoms with Crippen LogP contribution in [0.25, 0.3) is 0 Å². The molecule has 0 spiro atoms. The van der Waals surface area contributed by atoms with Gasteiger partial charge in [0, 0.05) is 21.9 Å². The van der Waals surface area contributed by atoms with Crippen molar-refractivity contribution in [3.63, 3.8) is 0 Å². The van der Waals surface area contributed by atoms with Crippen molar-refractivity contribution in [1.82, 2.24) is 0 Å². The first-order valence-electron chi connectivity index (χ1n) is 5.57. The van der Waals surface area contributed by atoms with Gasteiger partial charge in [0.05, 0.1) is 13.2 Å². The van der Waals surface area contributed by atoms with Crippen LogP contribution in [-0.2, 0) is 0 Å². The SMILES string of the molecule is CCCOc1cc(SC(C)CO)c(N)cc1F. The van der Waals surface area contributed by atoms with Gasteiger partial charge in [-0.15, -0.1) is 11.8 Å². The molecule has 0 radical (unpaired) electrons. The van der Waals surface area contributed by atoms with Crippen molar-refractivity contribution in [2.45, 2.75) is 30.4 Å². The first-order valence-corrected chi connectivity index (χ1v) is 6.45. The zero-order valence-electron chi connectivity index (χ0n) is 10.1. The molecular formula is C12H18FNO2S. The Morgan fingerprint density at radius 3 is 2.82 bits per heavy atom. The normalized spacial score (nSPS) is 12.5. The summed E-state index contributed by atoms with van der Waals surface area (Å²) in [5.74, 6) is -0.231. The highest BCUT2D eigenvalue weighted by molar-refractivity contribution is 8.00. The van der Waals surface area contributed by atoms with Crippen LogP contribution in [-0.4, -0.2) is 23.6 Å². The second-order valence-corrected chi connectivity index (χ2v) is 5.26. The highest BCUT2D eigenvalue weighted by Crippen LogP contribution is 2.33. The summed E-state index contributed by atoms with van der Waals surface area (Å²) in [7, 11) is 0. The molecule has 0 fully saturated rings. The zero-order valence-corrected chi connectivity index (χ0v) is 10.9. The van der Waals surface area contributed by atoms with Crippen LogP contribution in [0.3, 0.4) is 0 Å². The summed E-state index contributed by atoms with van der Waals surface area (Å²) in [4.78, 5) is 0.735. The van der Waals surface area contributed by atoms with Crippen LogP contribution in [0, 0.1) is 5.82 Å². The maximum Gasteiger partial charge on any atom is 0.167 e. The Kier molecular flexibility index (Phi) is 5.58. The Morgan fingerprint density at radius 2 is 2.24 bits per heavy atom. The molecule has 0 saturated heterocycles. The summed E-state index contributed by atoms with van der Waals surface area (Å²) in [6.45, 7) is 4.35. The van der Waals surface area contributed by atoms with E-state index in [2.05, 4.69) is 0 Å². The van der Waals surface area contributed by atoms with Crippen molar-refractivity contribution in [1.29, 1.82) is 0 Å². The van der Waals surface area contributed by atoms with Crippen molar-refractivity contribution >= 4 is 17.4 Å². The molecule has 3 N–H and O–H groups in total. The Balaban J connectivity index is 2.89. The minimum absolute atomic E-state index is 0.0155. The number of benzene rings is 1. The third-order valence-corrected chi connectivity index (χ3v) is 3.27. The largest absolute Gasteiger partial charge is 0.490 e. The molecule has 5 heteroatoms. The molecule has 1 aromatic rings. The van der Waals surface area contributed by atoms with Crippen molar-refractivity contribution < 1.29 is 14.2 Å². The number of thioether (sulfide) groups is 1. The minimum Gasteiger partial charge on any atom is -0.490 e. The Hall–Kier alpha value is -0.940. The van der Waals surface area contributed by atoms with Crippen molar-refractivity contribution in [3.05, 3.63) is 17.9 Å². The first kappa shape index (κ1) is 14.1. The molecule has 0 saturated carbocycles. The number of halogens is 1. The van der Waals surface area contributed by atoms with Crippen LogP contribution in [0.5, 0.6) is 5.75 Å². The molecule has 0 aromatic heterocycles. The number of anilines is 1. The number of nitrogens with two attached hydrogens (primary N) is 1. The van der Waals surface area contributed by atoms with E-state index in [9.17, 15) is 4.39 Å². The van der Waals surface area contributed by atoms with Gasteiger partial charge in [0.2, 0.25) is 0 Å². The molecule has 1 rings (SSSR count). The van der Waals surface area contributed by atoms with Crippen molar-refractivity contribution in [3.8, 4) is 5.75 Å². The van der Waals surface area contributed by atoms with Crippen molar-refractivity contribution in [2.24, 2.45) is 0 Å². The van der Waals surface area contributed by atoms with Gasteiger partial charge in [-0.25, -0.2) is 4.39 Å². The average molecular weight is 259 g/mol. The third-order valence-electron chi connectivity index (χ3n) is 2.11. The van der Waals surface area contributed by atoms with Crippen molar-refractivity contribution in [2.75, 3.05) is 18.9 Å². The van der Waals surface area contributed by atoms with Gasteiger partial charge in [0.25, 0.3) is 0 Å². The summed E-state index contributed by atoms with van der Waals surface area (Å²) in [6.07, 6.45) is 0.819. The Morgan fingerprint density at radius 1 is 1.53 bits per heavy atom. The highest BCUT2D eigenvalue weighted by atomic mass is 32.2. The molecule has 3 nitrogen and oxygen atoms in total. The van der Waals surface area contributed by atoms with Gasteiger partial charge in [0.15, 0.2) is 11.6 Å². The number of nitrogen functional groups attached to an aromatic ring is 1. The molecule has 0 aliphatic rings. The Labute approximate surface area is 105 Å². The van der Waals surface area contributed by atoms with Gasteiger partial charge < -0.3 is 15.6 Å². The smallest absolute Gasteiger partial charge is 0.167 e. The second kappa shape index (κ2) is 6.71. The maximum absolute atomic E-state index is 13.5. The highest BCUT2D eigenvalue weighted by Gasteiger charge is 2.12. The lowest BCUT2D eigenvalue weighted by molar-refractivity contribution is 0.299. The molecule has 96 valence electrons. The summed E-state index contributed by atoms with van der Waals surface area (Å²) in [5.41, 5.74) is 6.10. The molecule has 1 atom stereocenters.